The first-order valence-electron chi connectivity index (χ1n) is 6.52. The molecular weight excluding hydrogens is 260 g/mol. The maximum Gasteiger partial charge on any atom is 0.329 e. The van der Waals surface area contributed by atoms with Crippen LogP contribution < -0.4 is 5.32 Å². The third-order valence-electron chi connectivity index (χ3n) is 3.18. The van der Waals surface area contributed by atoms with Gasteiger partial charge >= 0.3 is 5.97 Å². The van der Waals surface area contributed by atoms with Crippen molar-refractivity contribution in [2.75, 3.05) is 32.8 Å². The molecule has 1 saturated heterocycles. The molecule has 1 aliphatic rings. The summed E-state index contributed by atoms with van der Waals surface area (Å²) in [5.74, 6) is -1.24. The van der Waals surface area contributed by atoms with E-state index in [2.05, 4.69) is 5.32 Å². The van der Waals surface area contributed by atoms with Crippen molar-refractivity contribution >= 4 is 11.9 Å². The first kappa shape index (κ1) is 14.5. The van der Waals surface area contributed by atoms with Gasteiger partial charge < -0.3 is 20.1 Å². The second-order valence-corrected chi connectivity index (χ2v) is 4.64. The minimum Gasteiger partial charge on any atom is -0.480 e. The molecule has 1 heterocycles. The molecule has 1 atom stereocenters. The second kappa shape index (κ2) is 7.02. The van der Waals surface area contributed by atoms with Crippen LogP contribution in [0.4, 0.5) is 0 Å². The lowest BCUT2D eigenvalue weighted by Gasteiger charge is -2.34. The molecule has 1 aliphatic heterocycles. The summed E-state index contributed by atoms with van der Waals surface area (Å²) in [6, 6.07) is 10.0. The van der Waals surface area contributed by atoms with E-state index in [0.29, 0.717) is 19.6 Å². The van der Waals surface area contributed by atoms with Gasteiger partial charge in [-0.05, 0) is 5.56 Å². The molecule has 108 valence electrons. The molecule has 0 saturated carbocycles. The van der Waals surface area contributed by atoms with E-state index in [1.54, 1.807) is 4.90 Å². The number of nitrogens with zero attached hydrogens (tertiary/aromatic N) is 1. The predicted molar refractivity (Wildman–Crippen MR) is 72.2 cm³/mol. The molecule has 20 heavy (non-hydrogen) atoms. The summed E-state index contributed by atoms with van der Waals surface area (Å²) in [7, 11) is 0. The number of carboxylic acid groups (broad SMARTS) is 1. The SMILES string of the molecule is O=C(O)COCC(=O)N1CCNC(c2ccccc2)C1. The maximum absolute atomic E-state index is 11.9. The first-order valence-corrected chi connectivity index (χ1v) is 6.52. The quantitative estimate of drug-likeness (QED) is 0.808. The van der Waals surface area contributed by atoms with Gasteiger partial charge in [0.25, 0.3) is 0 Å². The van der Waals surface area contributed by atoms with E-state index < -0.39 is 12.6 Å². The van der Waals surface area contributed by atoms with Gasteiger partial charge in [-0.15, -0.1) is 0 Å². The van der Waals surface area contributed by atoms with Crippen LogP contribution in [0.25, 0.3) is 0 Å². The van der Waals surface area contributed by atoms with Crippen LogP contribution in [0.5, 0.6) is 0 Å². The molecule has 1 aromatic carbocycles. The van der Waals surface area contributed by atoms with Crippen LogP contribution in [0.2, 0.25) is 0 Å². The van der Waals surface area contributed by atoms with Crippen molar-refractivity contribution in [2.24, 2.45) is 0 Å². The number of piperazine rings is 1. The van der Waals surface area contributed by atoms with Crippen LogP contribution in [0.3, 0.4) is 0 Å². The Kier molecular flexibility index (Phi) is 5.09. The number of amides is 1. The Hall–Kier alpha value is -1.92. The Balaban J connectivity index is 1.87. The standard InChI is InChI=1S/C14H18N2O4/c17-13(9-20-10-14(18)19)16-7-6-15-12(8-16)11-4-2-1-3-5-11/h1-5,12,15H,6-10H2,(H,18,19). The fourth-order valence-corrected chi connectivity index (χ4v) is 2.20. The molecule has 2 rings (SSSR count). The molecule has 0 bridgehead atoms. The highest BCUT2D eigenvalue weighted by Gasteiger charge is 2.24. The average molecular weight is 278 g/mol. The molecule has 1 amide bonds. The zero-order valence-corrected chi connectivity index (χ0v) is 11.1. The van der Waals surface area contributed by atoms with Crippen LogP contribution in [0, 0.1) is 0 Å². The summed E-state index contributed by atoms with van der Waals surface area (Å²) >= 11 is 0. The monoisotopic (exact) mass is 278 g/mol. The van der Waals surface area contributed by atoms with Gasteiger partial charge in [0.15, 0.2) is 0 Å². The first-order chi connectivity index (χ1) is 9.66. The predicted octanol–water partition coefficient (Wildman–Crippen LogP) is 0.261. The minimum absolute atomic E-state index is 0.105. The van der Waals surface area contributed by atoms with Gasteiger partial charge in [0.05, 0.1) is 0 Å². The van der Waals surface area contributed by atoms with Gasteiger partial charge in [-0.2, -0.15) is 0 Å². The van der Waals surface area contributed by atoms with Crippen molar-refractivity contribution in [1.29, 1.82) is 0 Å². The van der Waals surface area contributed by atoms with Crippen molar-refractivity contribution < 1.29 is 19.4 Å². The van der Waals surface area contributed by atoms with E-state index in [0.717, 1.165) is 5.56 Å². The minimum atomic E-state index is -1.07. The Labute approximate surface area is 117 Å². The average Bonchev–Trinajstić information content (AvgIpc) is 2.48. The normalized spacial score (nSPS) is 18.8. The fraction of sp³-hybridized carbons (Fsp3) is 0.429. The van der Waals surface area contributed by atoms with E-state index in [-0.39, 0.29) is 18.6 Å². The Morgan fingerprint density at radius 1 is 1.30 bits per heavy atom. The molecule has 0 spiro atoms. The van der Waals surface area contributed by atoms with Gasteiger partial charge in [0, 0.05) is 25.7 Å². The smallest absolute Gasteiger partial charge is 0.329 e. The molecule has 0 aromatic heterocycles. The summed E-state index contributed by atoms with van der Waals surface area (Å²) in [5.41, 5.74) is 1.14. The summed E-state index contributed by atoms with van der Waals surface area (Å²) in [6.07, 6.45) is 0. The fourth-order valence-electron chi connectivity index (χ4n) is 2.20. The molecule has 6 heteroatoms. The van der Waals surface area contributed by atoms with Crippen molar-refractivity contribution in [1.82, 2.24) is 10.2 Å². The Bertz CT molecular complexity index is 464. The van der Waals surface area contributed by atoms with Crippen LogP contribution >= 0.6 is 0 Å². The van der Waals surface area contributed by atoms with Crippen LogP contribution in [0.1, 0.15) is 11.6 Å². The van der Waals surface area contributed by atoms with Gasteiger partial charge in [-0.3, -0.25) is 4.79 Å². The molecule has 0 radical (unpaired) electrons. The number of nitrogens with one attached hydrogen (secondary N) is 1. The lowest BCUT2D eigenvalue weighted by molar-refractivity contribution is -0.146. The van der Waals surface area contributed by atoms with Crippen molar-refractivity contribution in [3.8, 4) is 0 Å². The summed E-state index contributed by atoms with van der Waals surface area (Å²) < 4.78 is 4.84. The number of ether oxygens (including phenoxy) is 1. The number of aliphatic carboxylic acids is 1. The van der Waals surface area contributed by atoms with E-state index in [4.69, 9.17) is 9.84 Å². The third kappa shape index (κ3) is 4.04. The van der Waals surface area contributed by atoms with Crippen molar-refractivity contribution in [3.63, 3.8) is 0 Å². The van der Waals surface area contributed by atoms with Crippen molar-refractivity contribution in [3.05, 3.63) is 35.9 Å². The largest absolute Gasteiger partial charge is 0.480 e. The number of hydrogen-bond donors (Lipinski definition) is 2. The molecule has 1 aromatic rings. The molecule has 2 N–H and O–H groups in total. The number of hydrogen-bond acceptors (Lipinski definition) is 4. The van der Waals surface area contributed by atoms with Gasteiger partial charge in [0.1, 0.15) is 13.2 Å². The van der Waals surface area contributed by atoms with Crippen molar-refractivity contribution in [2.45, 2.75) is 6.04 Å². The molecule has 6 nitrogen and oxygen atoms in total. The van der Waals surface area contributed by atoms with Crippen LogP contribution in [-0.2, 0) is 14.3 Å². The summed E-state index contributed by atoms with van der Waals surface area (Å²) in [6.45, 7) is 1.26. The number of carbonyl (C=O) groups excluding carboxylic acids is 1. The highest BCUT2D eigenvalue weighted by Crippen LogP contribution is 2.16. The molecular formula is C14H18N2O4. The highest BCUT2D eigenvalue weighted by atomic mass is 16.5. The van der Waals surface area contributed by atoms with Gasteiger partial charge in [-0.1, -0.05) is 30.3 Å². The summed E-state index contributed by atoms with van der Waals surface area (Å²) in [5, 5.41) is 11.8. The lowest BCUT2D eigenvalue weighted by atomic mass is 10.0. The lowest BCUT2D eigenvalue weighted by Crippen LogP contribution is -2.49. The number of benzene rings is 1. The third-order valence-corrected chi connectivity index (χ3v) is 3.18. The Morgan fingerprint density at radius 3 is 2.75 bits per heavy atom. The summed E-state index contributed by atoms with van der Waals surface area (Å²) in [4.78, 5) is 24.0. The number of carbonyl (C=O) groups is 2. The van der Waals surface area contributed by atoms with E-state index in [1.807, 2.05) is 30.3 Å². The Morgan fingerprint density at radius 2 is 2.05 bits per heavy atom. The number of rotatable bonds is 5. The van der Waals surface area contributed by atoms with E-state index in [9.17, 15) is 9.59 Å². The topological polar surface area (TPSA) is 78.9 Å². The van der Waals surface area contributed by atoms with Crippen LogP contribution in [0.15, 0.2) is 30.3 Å². The van der Waals surface area contributed by atoms with Gasteiger partial charge in [0.2, 0.25) is 5.91 Å². The van der Waals surface area contributed by atoms with E-state index in [1.165, 1.54) is 0 Å². The molecule has 0 aliphatic carbocycles. The molecule has 1 fully saturated rings. The van der Waals surface area contributed by atoms with Crippen LogP contribution in [-0.4, -0.2) is 54.7 Å². The molecule has 1 unspecified atom stereocenters. The number of carboxylic acids is 1. The maximum atomic E-state index is 11.9. The van der Waals surface area contributed by atoms with Gasteiger partial charge in [-0.25, -0.2) is 4.79 Å². The second-order valence-electron chi connectivity index (χ2n) is 4.64. The van der Waals surface area contributed by atoms with E-state index >= 15 is 0 Å². The highest BCUT2D eigenvalue weighted by molar-refractivity contribution is 5.78. The zero-order valence-electron chi connectivity index (χ0n) is 11.1. The zero-order chi connectivity index (χ0) is 14.4.